The highest BCUT2D eigenvalue weighted by Gasteiger charge is 2.22. The largest absolute Gasteiger partial charge is 0.494 e. The average molecular weight is 297 g/mol. The molecule has 2 amide bonds. The maximum atomic E-state index is 13.9. The lowest BCUT2D eigenvalue weighted by Crippen LogP contribution is -2.46. The van der Waals surface area contributed by atoms with Crippen LogP contribution in [0.15, 0.2) is 12.3 Å². The number of nitrogens with zero attached hydrogens (tertiary/aromatic N) is 2. The number of aromatic nitrogens is 1. The van der Waals surface area contributed by atoms with Gasteiger partial charge < -0.3 is 19.7 Å². The van der Waals surface area contributed by atoms with Crippen molar-refractivity contribution in [3.8, 4) is 5.75 Å². The van der Waals surface area contributed by atoms with Crippen LogP contribution in [0, 0.1) is 5.82 Å². The molecule has 116 valence electrons. The molecule has 0 bridgehead atoms. The Morgan fingerprint density at radius 2 is 2.48 bits per heavy atom. The quantitative estimate of drug-likeness (QED) is 0.919. The van der Waals surface area contributed by atoms with E-state index in [2.05, 4.69) is 10.3 Å². The number of amides is 2. The van der Waals surface area contributed by atoms with Gasteiger partial charge in [0.2, 0.25) is 0 Å². The van der Waals surface area contributed by atoms with Crippen LogP contribution in [0.3, 0.4) is 0 Å². The van der Waals surface area contributed by atoms with Gasteiger partial charge in [0.15, 0.2) is 11.6 Å². The molecule has 1 unspecified atom stereocenters. The van der Waals surface area contributed by atoms with Crippen molar-refractivity contribution < 1.29 is 18.7 Å². The molecule has 1 fully saturated rings. The van der Waals surface area contributed by atoms with E-state index in [4.69, 9.17) is 9.47 Å². The summed E-state index contributed by atoms with van der Waals surface area (Å²) in [6.07, 6.45) is 2.25. The van der Waals surface area contributed by atoms with Crippen LogP contribution in [0.1, 0.15) is 19.0 Å². The van der Waals surface area contributed by atoms with Gasteiger partial charge >= 0.3 is 6.03 Å². The highest BCUT2D eigenvalue weighted by molar-refractivity contribution is 5.74. The standard InChI is InChI=1S/C14H20FN3O3/c1-10-9-21-7-3-6-18(10)14(19)17-8-11-13(15)12(20-2)4-5-16-11/h4-5,10H,3,6-9H2,1-2H3,(H,17,19). The minimum Gasteiger partial charge on any atom is -0.494 e. The number of pyridine rings is 1. The van der Waals surface area contributed by atoms with Gasteiger partial charge in [0.25, 0.3) is 0 Å². The Hall–Kier alpha value is -1.89. The molecular weight excluding hydrogens is 277 g/mol. The van der Waals surface area contributed by atoms with E-state index in [1.807, 2.05) is 6.92 Å². The molecule has 1 atom stereocenters. The molecule has 1 N–H and O–H groups in total. The monoisotopic (exact) mass is 297 g/mol. The lowest BCUT2D eigenvalue weighted by molar-refractivity contribution is 0.113. The number of rotatable bonds is 3. The molecule has 6 nitrogen and oxygen atoms in total. The second-order valence-electron chi connectivity index (χ2n) is 4.90. The highest BCUT2D eigenvalue weighted by Crippen LogP contribution is 2.17. The second-order valence-corrected chi connectivity index (χ2v) is 4.90. The maximum Gasteiger partial charge on any atom is 0.318 e. The van der Waals surface area contributed by atoms with Crippen LogP contribution in [-0.2, 0) is 11.3 Å². The van der Waals surface area contributed by atoms with E-state index >= 15 is 0 Å². The smallest absolute Gasteiger partial charge is 0.318 e. The van der Waals surface area contributed by atoms with E-state index in [0.29, 0.717) is 19.8 Å². The van der Waals surface area contributed by atoms with Crippen LogP contribution in [0.2, 0.25) is 0 Å². The van der Waals surface area contributed by atoms with Crippen LogP contribution >= 0.6 is 0 Å². The molecule has 0 spiro atoms. The summed E-state index contributed by atoms with van der Waals surface area (Å²) < 4.78 is 24.2. The molecule has 7 heteroatoms. The van der Waals surface area contributed by atoms with Gasteiger partial charge in [0.05, 0.1) is 32.0 Å². The Labute approximate surface area is 123 Å². The van der Waals surface area contributed by atoms with Crippen molar-refractivity contribution in [2.75, 3.05) is 26.9 Å². The van der Waals surface area contributed by atoms with E-state index in [1.165, 1.54) is 19.4 Å². The third-order valence-corrected chi connectivity index (χ3v) is 3.39. The molecule has 1 aliphatic heterocycles. The van der Waals surface area contributed by atoms with Gasteiger partial charge in [-0.25, -0.2) is 9.18 Å². The zero-order valence-corrected chi connectivity index (χ0v) is 12.3. The van der Waals surface area contributed by atoms with Crippen molar-refractivity contribution in [1.82, 2.24) is 15.2 Å². The van der Waals surface area contributed by atoms with Crippen molar-refractivity contribution in [1.29, 1.82) is 0 Å². The Morgan fingerprint density at radius 1 is 1.67 bits per heavy atom. The highest BCUT2D eigenvalue weighted by atomic mass is 19.1. The third kappa shape index (κ3) is 3.81. The molecule has 1 aliphatic rings. The summed E-state index contributed by atoms with van der Waals surface area (Å²) in [5, 5.41) is 2.69. The van der Waals surface area contributed by atoms with Crippen molar-refractivity contribution in [3.05, 3.63) is 23.8 Å². The molecule has 1 saturated heterocycles. The van der Waals surface area contributed by atoms with Gasteiger partial charge in [0.1, 0.15) is 0 Å². The summed E-state index contributed by atoms with van der Waals surface area (Å²) in [5.74, 6) is -0.432. The molecule has 21 heavy (non-hydrogen) atoms. The van der Waals surface area contributed by atoms with Crippen molar-refractivity contribution in [3.63, 3.8) is 0 Å². The van der Waals surface area contributed by atoms with Crippen LogP contribution in [0.25, 0.3) is 0 Å². The minimum atomic E-state index is -0.549. The zero-order valence-electron chi connectivity index (χ0n) is 12.3. The summed E-state index contributed by atoms with van der Waals surface area (Å²) in [4.78, 5) is 17.8. The number of urea groups is 1. The van der Waals surface area contributed by atoms with Crippen molar-refractivity contribution in [2.24, 2.45) is 0 Å². The first kappa shape index (κ1) is 15.5. The second kappa shape index (κ2) is 7.21. The van der Waals surface area contributed by atoms with Crippen LogP contribution in [0.5, 0.6) is 5.75 Å². The lowest BCUT2D eigenvalue weighted by Gasteiger charge is -2.26. The fourth-order valence-corrected chi connectivity index (χ4v) is 2.21. The summed E-state index contributed by atoms with van der Waals surface area (Å²) in [5.41, 5.74) is 0.154. The molecule has 1 aromatic heterocycles. The zero-order chi connectivity index (χ0) is 15.2. The van der Waals surface area contributed by atoms with E-state index in [-0.39, 0.29) is 30.1 Å². The molecule has 0 saturated carbocycles. The molecule has 2 rings (SSSR count). The number of hydrogen-bond donors (Lipinski definition) is 1. The predicted octanol–water partition coefficient (Wildman–Crippen LogP) is 1.55. The summed E-state index contributed by atoms with van der Waals surface area (Å²) in [6.45, 7) is 3.74. The molecule has 1 aromatic rings. The fourth-order valence-electron chi connectivity index (χ4n) is 2.21. The first-order valence-electron chi connectivity index (χ1n) is 6.93. The van der Waals surface area contributed by atoms with E-state index < -0.39 is 5.82 Å². The maximum absolute atomic E-state index is 13.9. The number of halogens is 1. The summed E-state index contributed by atoms with van der Waals surface area (Å²) in [6, 6.07) is 1.20. The van der Waals surface area contributed by atoms with Crippen molar-refractivity contribution >= 4 is 6.03 Å². The fraction of sp³-hybridized carbons (Fsp3) is 0.571. The van der Waals surface area contributed by atoms with Gasteiger partial charge in [0, 0.05) is 25.4 Å². The molecule has 0 aliphatic carbocycles. The van der Waals surface area contributed by atoms with Gasteiger partial charge in [-0.05, 0) is 13.3 Å². The van der Waals surface area contributed by atoms with Crippen LogP contribution in [-0.4, -0.2) is 48.8 Å². The third-order valence-electron chi connectivity index (χ3n) is 3.39. The van der Waals surface area contributed by atoms with Gasteiger partial charge in [-0.2, -0.15) is 0 Å². The molecule has 0 aromatic carbocycles. The van der Waals surface area contributed by atoms with Crippen LogP contribution in [0.4, 0.5) is 9.18 Å². The Balaban J connectivity index is 1.97. The SMILES string of the molecule is COc1ccnc(CNC(=O)N2CCCOCC2C)c1F. The molecule has 2 heterocycles. The van der Waals surface area contributed by atoms with E-state index in [1.54, 1.807) is 4.90 Å². The Morgan fingerprint density at radius 3 is 3.24 bits per heavy atom. The summed E-state index contributed by atoms with van der Waals surface area (Å²) in [7, 11) is 1.39. The van der Waals surface area contributed by atoms with Crippen molar-refractivity contribution in [2.45, 2.75) is 25.9 Å². The first-order chi connectivity index (χ1) is 10.1. The minimum absolute atomic E-state index is 0.00406. The topological polar surface area (TPSA) is 63.7 Å². The van der Waals surface area contributed by atoms with Gasteiger partial charge in [-0.15, -0.1) is 0 Å². The summed E-state index contributed by atoms with van der Waals surface area (Å²) >= 11 is 0. The Bertz CT molecular complexity index is 498. The van der Waals surface area contributed by atoms with Gasteiger partial charge in [-0.3, -0.25) is 4.98 Å². The van der Waals surface area contributed by atoms with E-state index in [9.17, 15) is 9.18 Å². The van der Waals surface area contributed by atoms with E-state index in [0.717, 1.165) is 6.42 Å². The van der Waals surface area contributed by atoms with Crippen LogP contribution < -0.4 is 10.1 Å². The first-order valence-corrected chi connectivity index (χ1v) is 6.93. The average Bonchev–Trinajstić information content (AvgIpc) is 2.70. The number of nitrogens with one attached hydrogen (secondary N) is 1. The molecule has 0 radical (unpaired) electrons. The normalized spacial score (nSPS) is 19.0. The number of methoxy groups -OCH3 is 1. The molecular formula is C14H20FN3O3. The number of hydrogen-bond acceptors (Lipinski definition) is 4. The number of carbonyl (C=O) groups excluding carboxylic acids is 1. The number of ether oxygens (including phenoxy) is 2. The van der Waals surface area contributed by atoms with Gasteiger partial charge in [-0.1, -0.05) is 0 Å². The number of carbonyl (C=O) groups is 1. The Kier molecular flexibility index (Phi) is 5.32. The predicted molar refractivity (Wildman–Crippen MR) is 74.6 cm³/mol. The lowest BCUT2D eigenvalue weighted by atomic mass is 10.3.